The first-order valence-electron chi connectivity index (χ1n) is 7.62. The minimum absolute atomic E-state index is 0. The molecule has 0 rings (SSSR count). The summed E-state index contributed by atoms with van der Waals surface area (Å²) in [6, 6.07) is 0. The topological polar surface area (TPSA) is 0 Å². The molecule has 0 unspecified atom stereocenters. The first-order valence-corrected chi connectivity index (χ1v) is 12.6. The van der Waals surface area contributed by atoms with Gasteiger partial charge in [0.1, 0.15) is 0 Å². The fraction of sp³-hybridized carbons (Fsp3) is 1.00. The van der Waals surface area contributed by atoms with Crippen LogP contribution in [0.4, 0.5) is 0 Å². The molecule has 0 aromatic heterocycles. The van der Waals surface area contributed by atoms with E-state index in [0.717, 1.165) is 4.32 Å². The Kier molecular flexibility index (Phi) is 18.0. The third-order valence-corrected chi connectivity index (χ3v) is 14.1. The lowest BCUT2D eigenvalue weighted by atomic mass is 10.4. The van der Waals surface area contributed by atoms with Crippen molar-refractivity contribution in [1.82, 2.24) is 0 Å². The van der Waals surface area contributed by atoms with E-state index >= 15 is 0 Å². The molecule has 0 atom stereocenters. The first-order chi connectivity index (χ1) is 8.70. The Morgan fingerprint density at radius 3 is 1.26 bits per heavy atom. The van der Waals surface area contributed by atoms with E-state index in [1.54, 1.807) is 18.5 Å². The van der Waals surface area contributed by atoms with Crippen molar-refractivity contribution in [2.45, 2.75) is 63.6 Å². The Bertz CT molecular complexity index is 165. The van der Waals surface area contributed by atoms with Gasteiger partial charge in [0.05, 0.1) is 18.5 Å². The standard InChI is InChI=1S/C15H34PS2.HI/c1-6-9-12-16(13-10-7-2,14-11-8-3)15(17-4)18-5;/h15H,6-14H2,1-5H3;1H/q+1;/p-1. The van der Waals surface area contributed by atoms with E-state index in [1.807, 2.05) is 0 Å². The van der Waals surface area contributed by atoms with E-state index < -0.39 is 7.26 Å². The zero-order valence-corrected chi connectivity index (χ0v) is 18.3. The number of unbranched alkanes of at least 4 members (excludes halogenated alkanes) is 3. The smallest absolute Gasteiger partial charge is 0.159 e. The molecule has 0 aliphatic carbocycles. The van der Waals surface area contributed by atoms with Crippen LogP contribution in [-0.2, 0) is 0 Å². The fourth-order valence-corrected chi connectivity index (χ4v) is 13.0. The molecule has 0 heterocycles. The summed E-state index contributed by atoms with van der Waals surface area (Å²) in [6.45, 7) is 7.05. The molecule has 0 aliphatic heterocycles. The van der Waals surface area contributed by atoms with Crippen LogP contribution in [0.1, 0.15) is 59.3 Å². The van der Waals surface area contributed by atoms with Crippen molar-refractivity contribution in [2.24, 2.45) is 0 Å². The van der Waals surface area contributed by atoms with Crippen molar-refractivity contribution in [3.8, 4) is 0 Å². The Labute approximate surface area is 148 Å². The number of halogens is 1. The van der Waals surface area contributed by atoms with Crippen molar-refractivity contribution in [3.63, 3.8) is 0 Å². The Morgan fingerprint density at radius 2 is 1.05 bits per heavy atom. The zero-order chi connectivity index (χ0) is 13.9. The van der Waals surface area contributed by atoms with Gasteiger partial charge in [-0.05, 0) is 31.8 Å². The van der Waals surface area contributed by atoms with Gasteiger partial charge in [-0.3, -0.25) is 0 Å². The van der Waals surface area contributed by atoms with Gasteiger partial charge in [0.15, 0.2) is 4.32 Å². The van der Waals surface area contributed by atoms with Gasteiger partial charge in [0.25, 0.3) is 0 Å². The summed E-state index contributed by atoms with van der Waals surface area (Å²) >= 11 is 4.28. The van der Waals surface area contributed by atoms with Gasteiger partial charge in [-0.2, -0.15) is 0 Å². The van der Waals surface area contributed by atoms with Crippen LogP contribution in [0.15, 0.2) is 0 Å². The summed E-state index contributed by atoms with van der Waals surface area (Å²) in [5, 5.41) is 0. The quantitative estimate of drug-likeness (QED) is 0.261. The van der Waals surface area contributed by atoms with E-state index in [-0.39, 0.29) is 24.0 Å². The van der Waals surface area contributed by atoms with Gasteiger partial charge in [-0.15, -0.1) is 23.5 Å². The van der Waals surface area contributed by atoms with E-state index in [0.29, 0.717) is 0 Å². The second kappa shape index (κ2) is 14.8. The first kappa shape index (κ1) is 23.1. The van der Waals surface area contributed by atoms with Crippen molar-refractivity contribution in [3.05, 3.63) is 0 Å². The lowest BCUT2D eigenvalue weighted by Gasteiger charge is -2.33. The van der Waals surface area contributed by atoms with Gasteiger partial charge < -0.3 is 24.0 Å². The maximum Gasteiger partial charge on any atom is 0.159 e. The number of hydrogen-bond acceptors (Lipinski definition) is 2. The van der Waals surface area contributed by atoms with E-state index in [2.05, 4.69) is 56.8 Å². The summed E-state index contributed by atoms with van der Waals surface area (Å²) in [7, 11) is -0.730. The maximum atomic E-state index is 2.35. The molecule has 0 N–H and O–H groups in total. The SMILES string of the molecule is CCCC[P+](CCCC)(CCCC)C(SC)SC.[I-]. The number of hydrogen-bond donors (Lipinski definition) is 0. The lowest BCUT2D eigenvalue weighted by Crippen LogP contribution is -3.00. The van der Waals surface area contributed by atoms with E-state index in [4.69, 9.17) is 0 Å². The number of rotatable bonds is 12. The Hall–Kier alpha value is 1.86. The molecule has 0 nitrogen and oxygen atoms in total. The second-order valence-corrected chi connectivity index (χ2v) is 12.4. The Morgan fingerprint density at radius 1 is 0.737 bits per heavy atom. The molecule has 0 saturated heterocycles. The highest BCUT2D eigenvalue weighted by Gasteiger charge is 2.43. The molecule has 0 aromatic carbocycles. The van der Waals surface area contributed by atoms with Crippen molar-refractivity contribution >= 4 is 30.8 Å². The third kappa shape index (κ3) is 8.78. The van der Waals surface area contributed by atoms with Gasteiger partial charge in [-0.1, -0.05) is 40.0 Å². The minimum Gasteiger partial charge on any atom is -1.00 e. The van der Waals surface area contributed by atoms with Crippen LogP contribution >= 0.6 is 30.8 Å². The summed E-state index contributed by atoms with van der Waals surface area (Å²) in [6.07, 6.45) is 17.8. The molecule has 0 spiro atoms. The molecular weight excluding hydrogens is 402 g/mol. The highest BCUT2D eigenvalue weighted by atomic mass is 127. The molecule has 0 saturated carbocycles. The van der Waals surface area contributed by atoms with Crippen LogP contribution in [-0.4, -0.2) is 35.3 Å². The van der Waals surface area contributed by atoms with Crippen molar-refractivity contribution in [2.75, 3.05) is 31.0 Å². The zero-order valence-electron chi connectivity index (χ0n) is 13.6. The molecule has 0 aliphatic rings. The van der Waals surface area contributed by atoms with Gasteiger partial charge in [-0.25, -0.2) is 0 Å². The maximum absolute atomic E-state index is 2.35. The average molecular weight is 436 g/mol. The predicted molar refractivity (Wildman–Crippen MR) is 97.1 cm³/mol. The minimum atomic E-state index is -0.730. The van der Waals surface area contributed by atoms with Gasteiger partial charge in [0, 0.05) is 7.26 Å². The highest BCUT2D eigenvalue weighted by molar-refractivity contribution is 8.25. The van der Waals surface area contributed by atoms with Crippen molar-refractivity contribution in [1.29, 1.82) is 0 Å². The van der Waals surface area contributed by atoms with Crippen molar-refractivity contribution < 1.29 is 24.0 Å². The average Bonchev–Trinajstić information content (AvgIpc) is 2.41. The van der Waals surface area contributed by atoms with Crippen LogP contribution in [0, 0.1) is 0 Å². The molecule has 0 fully saturated rings. The molecular formula is C15H34IPS2. The van der Waals surface area contributed by atoms with E-state index in [1.165, 1.54) is 38.5 Å². The summed E-state index contributed by atoms with van der Waals surface area (Å²) in [5.74, 6) is 0. The van der Waals surface area contributed by atoms with E-state index in [9.17, 15) is 0 Å². The lowest BCUT2D eigenvalue weighted by molar-refractivity contribution is -0.00000413. The number of thioether (sulfide) groups is 2. The molecule has 0 radical (unpaired) electrons. The predicted octanol–water partition coefficient (Wildman–Crippen LogP) is 3.42. The summed E-state index contributed by atoms with van der Waals surface area (Å²) in [5.41, 5.74) is 0. The largest absolute Gasteiger partial charge is 1.00 e. The highest BCUT2D eigenvalue weighted by Crippen LogP contribution is 2.70. The summed E-state index contributed by atoms with van der Waals surface area (Å²) < 4.78 is 0.905. The fourth-order valence-electron chi connectivity index (χ4n) is 2.61. The Balaban J connectivity index is 0. The normalized spacial score (nSPS) is 11.7. The third-order valence-electron chi connectivity index (χ3n) is 3.72. The van der Waals surface area contributed by atoms with Gasteiger partial charge in [0.2, 0.25) is 0 Å². The van der Waals surface area contributed by atoms with Crippen LogP contribution in [0.5, 0.6) is 0 Å². The molecule has 4 heteroatoms. The van der Waals surface area contributed by atoms with Crippen LogP contribution in [0.25, 0.3) is 0 Å². The molecule has 0 amide bonds. The molecule has 118 valence electrons. The van der Waals surface area contributed by atoms with Crippen LogP contribution < -0.4 is 24.0 Å². The van der Waals surface area contributed by atoms with Gasteiger partial charge >= 0.3 is 0 Å². The summed E-state index contributed by atoms with van der Waals surface area (Å²) in [4.78, 5) is 0. The molecule has 0 bridgehead atoms. The van der Waals surface area contributed by atoms with Crippen LogP contribution in [0.3, 0.4) is 0 Å². The molecule has 19 heavy (non-hydrogen) atoms. The van der Waals surface area contributed by atoms with Crippen LogP contribution in [0.2, 0.25) is 0 Å². The molecule has 0 aromatic rings. The monoisotopic (exact) mass is 436 g/mol. The second-order valence-electron chi connectivity index (χ2n) is 5.23.